The van der Waals surface area contributed by atoms with E-state index in [1.165, 1.54) is 19.6 Å². The number of nitrogens with zero attached hydrogens (tertiary/aromatic N) is 2. The molecule has 54 valence electrons. The quantitative estimate of drug-likeness (QED) is 0.507. The van der Waals surface area contributed by atoms with E-state index in [1.54, 1.807) is 0 Å². The fourth-order valence-corrected chi connectivity index (χ4v) is 1.72. The van der Waals surface area contributed by atoms with Gasteiger partial charge in [0.15, 0.2) is 0 Å². The Morgan fingerprint density at radius 2 is 2.22 bits per heavy atom. The van der Waals surface area contributed by atoms with E-state index in [1.807, 2.05) is 11.9 Å². The van der Waals surface area contributed by atoms with Crippen LogP contribution in [0.15, 0.2) is 0 Å². The maximum absolute atomic E-state index is 2.40. The molecule has 0 aromatic heterocycles. The topological polar surface area (TPSA) is 6.48 Å². The summed E-state index contributed by atoms with van der Waals surface area (Å²) < 4.78 is 2.40. The largest absolute Gasteiger partial charge is 0.295 e. The molecule has 0 saturated carbocycles. The van der Waals surface area contributed by atoms with E-state index in [0.717, 1.165) is 5.88 Å². The van der Waals surface area contributed by atoms with Crippen molar-refractivity contribution < 1.29 is 0 Å². The van der Waals surface area contributed by atoms with Crippen molar-refractivity contribution in [1.29, 1.82) is 0 Å². The monoisotopic (exact) mass is 146 g/mol. The number of rotatable bonds is 1. The highest BCUT2D eigenvalue weighted by molar-refractivity contribution is 7.96. The molecule has 1 aliphatic heterocycles. The van der Waals surface area contributed by atoms with Crippen LogP contribution in [0, 0.1) is 0 Å². The lowest BCUT2D eigenvalue weighted by molar-refractivity contribution is 0.318. The summed E-state index contributed by atoms with van der Waals surface area (Å²) >= 11 is 1.93. The van der Waals surface area contributed by atoms with Gasteiger partial charge in [-0.2, -0.15) is 0 Å². The minimum atomic E-state index is 1.16. The molecule has 0 amide bonds. The summed E-state index contributed by atoms with van der Waals surface area (Å²) in [5.74, 6) is 1.16. The first-order chi connectivity index (χ1) is 4.33. The molecule has 0 radical (unpaired) electrons. The maximum atomic E-state index is 2.40. The molecule has 0 N–H and O–H groups in total. The van der Waals surface area contributed by atoms with Crippen molar-refractivity contribution in [2.75, 3.05) is 32.6 Å². The zero-order chi connectivity index (χ0) is 6.69. The zero-order valence-electron chi connectivity index (χ0n) is 6.13. The highest BCUT2D eigenvalue weighted by Crippen LogP contribution is 2.14. The molecule has 0 unspecified atom stereocenters. The minimum Gasteiger partial charge on any atom is -0.295 e. The first-order valence-corrected chi connectivity index (χ1v) is 4.33. The van der Waals surface area contributed by atoms with Crippen LogP contribution in [0.1, 0.15) is 6.92 Å². The third kappa shape index (κ3) is 2.16. The van der Waals surface area contributed by atoms with E-state index in [-0.39, 0.29) is 0 Å². The average molecular weight is 146 g/mol. The molecule has 0 aliphatic carbocycles. The summed E-state index contributed by atoms with van der Waals surface area (Å²) in [5.41, 5.74) is 0. The van der Waals surface area contributed by atoms with Crippen LogP contribution in [0.25, 0.3) is 0 Å². The average Bonchev–Trinajstić information content (AvgIpc) is 1.90. The van der Waals surface area contributed by atoms with Crippen LogP contribution in [0.4, 0.5) is 0 Å². The van der Waals surface area contributed by atoms with Gasteiger partial charge in [-0.1, -0.05) is 18.9 Å². The first-order valence-electron chi connectivity index (χ1n) is 3.39. The van der Waals surface area contributed by atoms with Crippen LogP contribution in [-0.4, -0.2) is 41.8 Å². The van der Waals surface area contributed by atoms with E-state index in [9.17, 15) is 0 Å². The lowest BCUT2D eigenvalue weighted by Gasteiger charge is -2.30. The van der Waals surface area contributed by atoms with Crippen LogP contribution in [0.3, 0.4) is 0 Å². The van der Waals surface area contributed by atoms with E-state index in [2.05, 4.69) is 23.2 Å². The van der Waals surface area contributed by atoms with Crippen LogP contribution >= 0.6 is 11.9 Å². The molecular formula is C6H14N2S. The summed E-state index contributed by atoms with van der Waals surface area (Å²) in [5, 5.41) is 0. The number of hydrogen-bond acceptors (Lipinski definition) is 3. The molecule has 2 nitrogen and oxygen atoms in total. The van der Waals surface area contributed by atoms with Crippen molar-refractivity contribution in [3.8, 4) is 0 Å². The Hall–Kier alpha value is 0.270. The van der Waals surface area contributed by atoms with Gasteiger partial charge in [-0.05, 0) is 7.05 Å². The highest BCUT2D eigenvalue weighted by Gasteiger charge is 2.11. The Kier molecular flexibility index (Phi) is 2.82. The van der Waals surface area contributed by atoms with E-state index in [4.69, 9.17) is 0 Å². The minimum absolute atomic E-state index is 1.16. The second-order valence-corrected chi connectivity index (χ2v) is 3.39. The molecule has 0 aromatic carbocycles. The summed E-state index contributed by atoms with van der Waals surface area (Å²) in [6.07, 6.45) is 0. The Labute approximate surface area is 61.3 Å². The van der Waals surface area contributed by atoms with E-state index < -0.39 is 0 Å². The van der Waals surface area contributed by atoms with Crippen LogP contribution in [0.5, 0.6) is 0 Å². The summed E-state index contributed by atoms with van der Waals surface area (Å²) in [6, 6.07) is 0. The van der Waals surface area contributed by atoms with Gasteiger partial charge >= 0.3 is 0 Å². The molecule has 0 spiro atoms. The summed E-state index contributed by atoms with van der Waals surface area (Å²) in [6.45, 7) is 5.83. The fourth-order valence-electron chi connectivity index (χ4n) is 0.841. The molecule has 0 atom stereocenters. The van der Waals surface area contributed by atoms with Crippen LogP contribution < -0.4 is 0 Å². The fraction of sp³-hybridized carbons (Fsp3) is 1.00. The van der Waals surface area contributed by atoms with Gasteiger partial charge in [-0.15, -0.1) is 0 Å². The lowest BCUT2D eigenvalue weighted by atomic mass is 10.5. The van der Waals surface area contributed by atoms with Gasteiger partial charge in [-0.25, -0.2) is 4.31 Å². The molecule has 0 bridgehead atoms. The van der Waals surface area contributed by atoms with Gasteiger partial charge in [0.2, 0.25) is 0 Å². The smallest absolute Gasteiger partial charge is 0.0590 e. The van der Waals surface area contributed by atoms with Crippen molar-refractivity contribution in [1.82, 2.24) is 9.21 Å². The third-order valence-corrected chi connectivity index (χ3v) is 2.91. The Balaban J connectivity index is 2.18. The normalized spacial score (nSPS) is 24.7. The van der Waals surface area contributed by atoms with Gasteiger partial charge in [0.05, 0.1) is 5.88 Å². The summed E-state index contributed by atoms with van der Waals surface area (Å²) in [4.78, 5) is 2.34. The molecule has 1 aliphatic rings. The van der Waals surface area contributed by atoms with Crippen LogP contribution in [-0.2, 0) is 0 Å². The van der Waals surface area contributed by atoms with E-state index in [0.29, 0.717) is 0 Å². The van der Waals surface area contributed by atoms with Crippen LogP contribution in [0.2, 0.25) is 0 Å². The molecule has 9 heavy (non-hydrogen) atoms. The molecule has 1 saturated heterocycles. The number of hydrogen-bond donors (Lipinski definition) is 0. The SMILES string of the molecule is CCN1CCN(C)CS1. The molecule has 0 aromatic rings. The lowest BCUT2D eigenvalue weighted by Crippen LogP contribution is -2.36. The summed E-state index contributed by atoms with van der Waals surface area (Å²) in [7, 11) is 2.17. The molecule has 1 heterocycles. The number of likely N-dealkylation sites (N-methyl/N-ethyl adjacent to an activating group) is 2. The standard InChI is InChI=1S/C6H14N2S/c1-3-8-5-4-7(2)6-9-8/h3-6H2,1-2H3. The zero-order valence-corrected chi connectivity index (χ0v) is 6.95. The predicted octanol–water partition coefficient (Wildman–Crippen LogP) is 0.859. The molecular weight excluding hydrogens is 132 g/mol. The predicted molar refractivity (Wildman–Crippen MR) is 42.3 cm³/mol. The van der Waals surface area contributed by atoms with Gasteiger partial charge in [0.25, 0.3) is 0 Å². The van der Waals surface area contributed by atoms with Gasteiger partial charge < -0.3 is 0 Å². The van der Waals surface area contributed by atoms with Crippen molar-refractivity contribution in [2.45, 2.75) is 6.92 Å². The third-order valence-electron chi connectivity index (χ3n) is 1.54. The van der Waals surface area contributed by atoms with Crippen molar-refractivity contribution in [2.24, 2.45) is 0 Å². The van der Waals surface area contributed by atoms with Gasteiger partial charge in [-0.3, -0.25) is 4.90 Å². The van der Waals surface area contributed by atoms with Crippen molar-refractivity contribution >= 4 is 11.9 Å². The maximum Gasteiger partial charge on any atom is 0.0590 e. The van der Waals surface area contributed by atoms with Gasteiger partial charge in [0.1, 0.15) is 0 Å². The second-order valence-electron chi connectivity index (χ2n) is 2.36. The highest BCUT2D eigenvalue weighted by atomic mass is 32.2. The Morgan fingerprint density at radius 1 is 1.44 bits per heavy atom. The Bertz CT molecular complexity index is 79.1. The van der Waals surface area contributed by atoms with Crippen molar-refractivity contribution in [3.05, 3.63) is 0 Å². The van der Waals surface area contributed by atoms with E-state index >= 15 is 0 Å². The van der Waals surface area contributed by atoms with Crippen molar-refractivity contribution in [3.63, 3.8) is 0 Å². The molecule has 1 fully saturated rings. The molecule has 3 heteroatoms. The van der Waals surface area contributed by atoms with Gasteiger partial charge in [0, 0.05) is 19.6 Å². The molecule has 1 rings (SSSR count). The Morgan fingerprint density at radius 3 is 2.67 bits per heavy atom. The second kappa shape index (κ2) is 3.44. The first kappa shape index (κ1) is 7.38.